The van der Waals surface area contributed by atoms with E-state index in [0.717, 1.165) is 19.3 Å². The fourth-order valence-electron chi connectivity index (χ4n) is 2.56. The summed E-state index contributed by atoms with van der Waals surface area (Å²) in [7, 11) is 0. The van der Waals surface area contributed by atoms with E-state index in [4.69, 9.17) is 9.84 Å². The molecule has 1 fully saturated rings. The fraction of sp³-hybridized carbons (Fsp3) is 0.917. The minimum atomic E-state index is -0.926. The van der Waals surface area contributed by atoms with E-state index in [2.05, 4.69) is 11.9 Å². The van der Waals surface area contributed by atoms with Gasteiger partial charge in [0.05, 0.1) is 6.10 Å². The molecule has 17 heavy (non-hydrogen) atoms. The molecule has 0 amide bonds. The van der Waals surface area contributed by atoms with Crippen molar-refractivity contribution in [2.24, 2.45) is 10.9 Å². The first kappa shape index (κ1) is 12.8. The van der Waals surface area contributed by atoms with Gasteiger partial charge in [0.2, 0.25) is 0 Å². The molecular weight excluding hydrogens is 222 g/mol. The molecule has 0 aromatic carbocycles. The predicted molar refractivity (Wildman–Crippen MR) is 62.8 cm³/mol. The molecular formula is C12H21NO4. The van der Waals surface area contributed by atoms with Gasteiger partial charge in [-0.1, -0.05) is 13.3 Å². The number of hydrogen-bond donors (Lipinski definition) is 3. The van der Waals surface area contributed by atoms with Crippen molar-refractivity contribution in [2.45, 2.75) is 57.0 Å². The third-order valence-electron chi connectivity index (χ3n) is 3.66. The zero-order valence-corrected chi connectivity index (χ0v) is 10.1. The van der Waals surface area contributed by atoms with Gasteiger partial charge < -0.3 is 20.1 Å². The standard InChI is InChI=1S/C12H21NO4/c1-2-3-4-9-13-10-8(17-9)5-7(6-14)11(15)12(10)16/h7-8,10-12,14-16H,2-6H2,1H3/t7-,8+,10+,11-,12-/m1/s1. The second kappa shape index (κ2) is 5.33. The van der Waals surface area contributed by atoms with Crippen molar-refractivity contribution >= 4 is 5.90 Å². The maximum Gasteiger partial charge on any atom is 0.184 e. The Morgan fingerprint density at radius 3 is 2.76 bits per heavy atom. The number of rotatable bonds is 4. The van der Waals surface area contributed by atoms with E-state index in [-0.39, 0.29) is 24.7 Å². The van der Waals surface area contributed by atoms with Gasteiger partial charge in [-0.05, 0) is 12.8 Å². The number of aliphatic imine (C=N–C) groups is 1. The van der Waals surface area contributed by atoms with Gasteiger partial charge in [0, 0.05) is 18.9 Å². The van der Waals surface area contributed by atoms with Crippen LogP contribution in [0.15, 0.2) is 4.99 Å². The number of hydrogen-bond acceptors (Lipinski definition) is 5. The Morgan fingerprint density at radius 1 is 1.35 bits per heavy atom. The first-order chi connectivity index (χ1) is 8.17. The summed E-state index contributed by atoms with van der Waals surface area (Å²) in [6.07, 6.45) is 1.42. The van der Waals surface area contributed by atoms with Gasteiger partial charge in [0.15, 0.2) is 5.90 Å². The van der Waals surface area contributed by atoms with Crippen molar-refractivity contribution in [3.8, 4) is 0 Å². The van der Waals surface area contributed by atoms with E-state index in [1.807, 2.05) is 0 Å². The summed E-state index contributed by atoms with van der Waals surface area (Å²) in [6, 6.07) is -0.361. The molecule has 1 saturated carbocycles. The zero-order chi connectivity index (χ0) is 12.4. The Kier molecular flexibility index (Phi) is 4.01. The Morgan fingerprint density at radius 2 is 2.12 bits per heavy atom. The summed E-state index contributed by atoms with van der Waals surface area (Å²) in [4.78, 5) is 4.35. The first-order valence-corrected chi connectivity index (χ1v) is 6.37. The molecule has 2 rings (SSSR count). The largest absolute Gasteiger partial charge is 0.475 e. The van der Waals surface area contributed by atoms with Gasteiger partial charge in [0.25, 0.3) is 0 Å². The average Bonchev–Trinajstić information content (AvgIpc) is 2.74. The second-order valence-corrected chi connectivity index (χ2v) is 4.93. The van der Waals surface area contributed by atoms with Crippen LogP contribution in [0.3, 0.4) is 0 Å². The van der Waals surface area contributed by atoms with Crippen molar-refractivity contribution < 1.29 is 20.1 Å². The topological polar surface area (TPSA) is 82.3 Å². The maximum atomic E-state index is 9.94. The van der Waals surface area contributed by atoms with E-state index in [1.165, 1.54) is 0 Å². The number of aliphatic hydroxyl groups excluding tert-OH is 3. The molecule has 3 N–H and O–H groups in total. The highest BCUT2D eigenvalue weighted by Gasteiger charge is 2.47. The molecule has 1 aliphatic heterocycles. The Bertz CT molecular complexity index is 294. The molecule has 2 aliphatic rings. The minimum Gasteiger partial charge on any atom is -0.475 e. The molecule has 0 unspecified atom stereocenters. The van der Waals surface area contributed by atoms with Gasteiger partial charge in [-0.3, -0.25) is 0 Å². The summed E-state index contributed by atoms with van der Waals surface area (Å²) in [5, 5.41) is 28.9. The van der Waals surface area contributed by atoms with E-state index in [9.17, 15) is 10.2 Å². The zero-order valence-electron chi connectivity index (χ0n) is 10.1. The minimum absolute atomic E-state index is 0.130. The van der Waals surface area contributed by atoms with Crippen molar-refractivity contribution in [1.29, 1.82) is 0 Å². The van der Waals surface area contributed by atoms with Gasteiger partial charge in [0.1, 0.15) is 18.2 Å². The summed E-state index contributed by atoms with van der Waals surface area (Å²) in [5.74, 6) is 0.374. The van der Waals surface area contributed by atoms with Crippen LogP contribution in [-0.4, -0.2) is 52.2 Å². The lowest BCUT2D eigenvalue weighted by atomic mass is 9.80. The maximum absolute atomic E-state index is 9.94. The van der Waals surface area contributed by atoms with Gasteiger partial charge in [-0.15, -0.1) is 0 Å². The van der Waals surface area contributed by atoms with Crippen molar-refractivity contribution in [3.05, 3.63) is 0 Å². The molecule has 0 radical (unpaired) electrons. The molecule has 0 aromatic heterocycles. The Balaban J connectivity index is 2.01. The summed E-state index contributed by atoms with van der Waals surface area (Å²) in [5.41, 5.74) is 0. The van der Waals surface area contributed by atoms with Crippen LogP contribution in [0.5, 0.6) is 0 Å². The van der Waals surface area contributed by atoms with Gasteiger partial charge >= 0.3 is 0 Å². The van der Waals surface area contributed by atoms with Crippen LogP contribution >= 0.6 is 0 Å². The van der Waals surface area contributed by atoms with E-state index in [0.29, 0.717) is 12.3 Å². The monoisotopic (exact) mass is 243 g/mol. The van der Waals surface area contributed by atoms with E-state index in [1.54, 1.807) is 0 Å². The highest BCUT2D eigenvalue weighted by molar-refractivity contribution is 5.78. The highest BCUT2D eigenvalue weighted by Crippen LogP contribution is 2.33. The molecule has 1 heterocycles. The fourth-order valence-corrected chi connectivity index (χ4v) is 2.56. The third-order valence-corrected chi connectivity index (χ3v) is 3.66. The predicted octanol–water partition coefficient (Wildman–Crippen LogP) is 0.0765. The molecule has 5 atom stereocenters. The van der Waals surface area contributed by atoms with Crippen molar-refractivity contribution in [1.82, 2.24) is 0 Å². The van der Waals surface area contributed by atoms with Gasteiger partial charge in [-0.2, -0.15) is 0 Å². The van der Waals surface area contributed by atoms with E-state index < -0.39 is 12.2 Å². The van der Waals surface area contributed by atoms with Crippen LogP contribution in [0.2, 0.25) is 0 Å². The van der Waals surface area contributed by atoms with Crippen molar-refractivity contribution in [3.63, 3.8) is 0 Å². The summed E-state index contributed by atoms with van der Waals surface area (Å²) >= 11 is 0. The van der Waals surface area contributed by atoms with Gasteiger partial charge in [-0.25, -0.2) is 4.99 Å². The quantitative estimate of drug-likeness (QED) is 0.653. The second-order valence-electron chi connectivity index (χ2n) is 4.93. The lowest BCUT2D eigenvalue weighted by molar-refractivity contribution is -0.0947. The number of aliphatic hydroxyl groups is 3. The molecule has 0 bridgehead atoms. The third kappa shape index (κ3) is 2.46. The van der Waals surface area contributed by atoms with E-state index >= 15 is 0 Å². The molecule has 5 nitrogen and oxygen atoms in total. The lowest BCUT2D eigenvalue weighted by Crippen LogP contribution is -2.52. The number of unbranched alkanes of at least 4 members (excludes halogenated alkanes) is 1. The lowest BCUT2D eigenvalue weighted by Gasteiger charge is -2.36. The average molecular weight is 243 g/mol. The molecule has 98 valence electrons. The first-order valence-electron chi connectivity index (χ1n) is 6.37. The smallest absolute Gasteiger partial charge is 0.184 e. The normalized spacial score (nSPS) is 40.7. The number of fused-ring (bicyclic) bond motifs is 1. The number of ether oxygens (including phenoxy) is 1. The summed E-state index contributed by atoms with van der Waals surface area (Å²) < 4.78 is 5.69. The van der Waals surface area contributed by atoms with Crippen LogP contribution in [0, 0.1) is 5.92 Å². The highest BCUT2D eigenvalue weighted by atomic mass is 16.5. The summed E-state index contributed by atoms with van der Waals surface area (Å²) in [6.45, 7) is 1.97. The van der Waals surface area contributed by atoms with Crippen molar-refractivity contribution in [2.75, 3.05) is 6.61 Å². The van der Waals surface area contributed by atoms with Crippen LogP contribution in [-0.2, 0) is 4.74 Å². The van der Waals surface area contributed by atoms with Crippen LogP contribution in [0.1, 0.15) is 32.6 Å². The SMILES string of the molecule is CCCCC1=N[C@@H]2[C@@H](O)[C@H](O)[C@@H](CO)C[C@@H]2O1. The molecule has 0 spiro atoms. The molecule has 0 aromatic rings. The Hall–Kier alpha value is -0.650. The number of nitrogens with zero attached hydrogens (tertiary/aromatic N) is 1. The van der Waals surface area contributed by atoms with Crippen LogP contribution in [0.25, 0.3) is 0 Å². The molecule has 1 aliphatic carbocycles. The van der Waals surface area contributed by atoms with Crippen LogP contribution in [0.4, 0.5) is 0 Å². The molecule has 0 saturated heterocycles. The molecule has 5 heteroatoms. The Labute approximate surface area is 101 Å². The van der Waals surface area contributed by atoms with Crippen LogP contribution < -0.4 is 0 Å².